The Morgan fingerprint density at radius 2 is 2.05 bits per heavy atom. The molecule has 1 N–H and O–H groups in total. The van der Waals surface area contributed by atoms with Gasteiger partial charge in [-0.15, -0.1) is 0 Å². The molecule has 4 heteroatoms. The third-order valence-corrected chi connectivity index (χ3v) is 4.37. The summed E-state index contributed by atoms with van der Waals surface area (Å²) in [5.74, 6) is 2.49. The van der Waals surface area contributed by atoms with Gasteiger partial charge in [0.05, 0.1) is 10.7 Å². The molecule has 0 aromatic carbocycles. The molecule has 1 aromatic heterocycles. The van der Waals surface area contributed by atoms with Gasteiger partial charge in [0.25, 0.3) is 0 Å². The molecule has 0 saturated heterocycles. The molecule has 0 radical (unpaired) electrons. The topological polar surface area (TPSA) is 28.2 Å². The van der Waals surface area contributed by atoms with Gasteiger partial charge >= 0.3 is 0 Å². The van der Waals surface area contributed by atoms with Crippen molar-refractivity contribution in [2.24, 2.45) is 11.8 Å². The zero-order valence-electron chi connectivity index (χ0n) is 13.0. The molecule has 2 rings (SSSR count). The van der Waals surface area contributed by atoms with Gasteiger partial charge in [-0.1, -0.05) is 25.4 Å². The van der Waals surface area contributed by atoms with E-state index in [1.54, 1.807) is 0 Å². The van der Waals surface area contributed by atoms with Crippen molar-refractivity contribution < 1.29 is 0 Å². The first-order valence-corrected chi connectivity index (χ1v) is 7.95. The van der Waals surface area contributed by atoms with Gasteiger partial charge in [-0.25, -0.2) is 4.98 Å². The maximum absolute atomic E-state index is 6.25. The van der Waals surface area contributed by atoms with Gasteiger partial charge in [0, 0.05) is 19.6 Å². The summed E-state index contributed by atoms with van der Waals surface area (Å²) in [6, 6.07) is 4.54. The first-order chi connectivity index (χ1) is 9.49. The summed E-state index contributed by atoms with van der Waals surface area (Å²) >= 11 is 6.25. The molecule has 112 valence electrons. The summed E-state index contributed by atoms with van der Waals surface area (Å²) in [6.45, 7) is 8.39. The van der Waals surface area contributed by atoms with Crippen LogP contribution in [0.3, 0.4) is 0 Å². The van der Waals surface area contributed by atoms with Gasteiger partial charge in [0.15, 0.2) is 0 Å². The molecule has 3 nitrogen and oxygen atoms in total. The van der Waals surface area contributed by atoms with Crippen molar-refractivity contribution in [2.45, 2.75) is 46.2 Å². The molecule has 1 atom stereocenters. The summed E-state index contributed by atoms with van der Waals surface area (Å²) in [7, 11) is 2.13. The van der Waals surface area contributed by atoms with Gasteiger partial charge in [0.1, 0.15) is 5.82 Å². The molecule has 1 saturated carbocycles. The second kappa shape index (κ2) is 6.77. The Morgan fingerprint density at radius 3 is 2.65 bits per heavy atom. The number of nitrogens with one attached hydrogen (secondary N) is 1. The van der Waals surface area contributed by atoms with Crippen LogP contribution in [0.1, 0.15) is 39.3 Å². The summed E-state index contributed by atoms with van der Waals surface area (Å²) in [6.07, 6.45) is 2.70. The van der Waals surface area contributed by atoms with E-state index < -0.39 is 0 Å². The van der Waals surface area contributed by atoms with Crippen molar-refractivity contribution >= 4 is 17.4 Å². The highest BCUT2D eigenvalue weighted by atomic mass is 35.5. The molecule has 0 amide bonds. The van der Waals surface area contributed by atoms with Crippen molar-refractivity contribution in [1.29, 1.82) is 0 Å². The molecule has 0 aliphatic heterocycles. The highest BCUT2D eigenvalue weighted by Gasteiger charge is 2.31. The lowest BCUT2D eigenvalue weighted by Crippen LogP contribution is -2.31. The van der Waals surface area contributed by atoms with E-state index in [1.807, 2.05) is 12.1 Å². The standard InChI is InChI=1S/C16H26ClN3/c1-11(2)9-18-10-15-14(17)7-8-16(19-15)20(4)12(3)13-5-6-13/h7-8,11-13,18H,5-6,9-10H2,1-4H3. The largest absolute Gasteiger partial charge is 0.357 e. The van der Waals surface area contributed by atoms with Crippen molar-refractivity contribution in [2.75, 3.05) is 18.5 Å². The smallest absolute Gasteiger partial charge is 0.128 e. The normalized spacial score (nSPS) is 16.5. The number of hydrogen-bond donors (Lipinski definition) is 1. The van der Waals surface area contributed by atoms with Crippen LogP contribution in [0.4, 0.5) is 5.82 Å². The van der Waals surface area contributed by atoms with Gasteiger partial charge in [-0.3, -0.25) is 0 Å². The van der Waals surface area contributed by atoms with Crippen LogP contribution in [0.15, 0.2) is 12.1 Å². The first-order valence-electron chi connectivity index (χ1n) is 7.58. The van der Waals surface area contributed by atoms with Gasteiger partial charge in [-0.05, 0) is 50.3 Å². The van der Waals surface area contributed by atoms with Crippen molar-refractivity contribution in [3.05, 3.63) is 22.8 Å². The summed E-state index contributed by atoms with van der Waals surface area (Å²) in [4.78, 5) is 7.01. The second-order valence-electron chi connectivity index (χ2n) is 6.31. The molecule has 20 heavy (non-hydrogen) atoms. The maximum Gasteiger partial charge on any atom is 0.128 e. The predicted molar refractivity (Wildman–Crippen MR) is 86.4 cm³/mol. The summed E-state index contributed by atoms with van der Waals surface area (Å²) in [5.41, 5.74) is 0.944. The van der Waals surface area contributed by atoms with Crippen molar-refractivity contribution in [1.82, 2.24) is 10.3 Å². The lowest BCUT2D eigenvalue weighted by atomic mass is 10.2. The van der Waals surface area contributed by atoms with Gasteiger partial charge in [0.2, 0.25) is 0 Å². The molecular weight excluding hydrogens is 270 g/mol. The van der Waals surface area contributed by atoms with E-state index >= 15 is 0 Å². The quantitative estimate of drug-likeness (QED) is 0.831. The Hall–Kier alpha value is -0.800. The second-order valence-corrected chi connectivity index (χ2v) is 6.72. The van der Waals surface area contributed by atoms with Crippen LogP contribution in [-0.2, 0) is 6.54 Å². The number of nitrogens with zero attached hydrogens (tertiary/aromatic N) is 2. The Balaban J connectivity index is 2.03. The third-order valence-electron chi connectivity index (χ3n) is 4.03. The monoisotopic (exact) mass is 295 g/mol. The third kappa shape index (κ3) is 4.10. The average Bonchev–Trinajstić information content (AvgIpc) is 3.23. The fourth-order valence-corrected chi connectivity index (χ4v) is 2.55. The summed E-state index contributed by atoms with van der Waals surface area (Å²) in [5, 5.41) is 4.15. The van der Waals surface area contributed by atoms with E-state index in [-0.39, 0.29) is 0 Å². The Labute approximate surface area is 127 Å². The number of aromatic nitrogens is 1. The number of hydrogen-bond acceptors (Lipinski definition) is 3. The fourth-order valence-electron chi connectivity index (χ4n) is 2.38. The van der Waals surface area contributed by atoms with E-state index in [0.717, 1.165) is 35.5 Å². The molecule has 1 unspecified atom stereocenters. The van der Waals surface area contributed by atoms with Crippen molar-refractivity contribution in [3.8, 4) is 0 Å². The molecule has 0 bridgehead atoms. The lowest BCUT2D eigenvalue weighted by molar-refractivity contribution is 0.547. The number of rotatable bonds is 7. The molecular formula is C16H26ClN3. The van der Waals surface area contributed by atoms with E-state index in [9.17, 15) is 0 Å². The zero-order valence-corrected chi connectivity index (χ0v) is 13.7. The van der Waals surface area contributed by atoms with Crippen LogP contribution in [0.2, 0.25) is 5.02 Å². The first kappa shape index (κ1) is 15.6. The molecule has 1 aliphatic carbocycles. The molecule has 0 spiro atoms. The number of halogens is 1. The Kier molecular flexibility index (Phi) is 5.28. The SMILES string of the molecule is CC(C)CNCc1nc(N(C)C(C)C2CC2)ccc1Cl. The van der Waals surface area contributed by atoms with E-state index in [0.29, 0.717) is 12.0 Å². The van der Waals surface area contributed by atoms with Gasteiger partial charge in [-0.2, -0.15) is 0 Å². The zero-order chi connectivity index (χ0) is 14.7. The van der Waals surface area contributed by atoms with Gasteiger partial charge < -0.3 is 10.2 Å². The van der Waals surface area contributed by atoms with Crippen molar-refractivity contribution in [3.63, 3.8) is 0 Å². The van der Waals surface area contributed by atoms with Crippen LogP contribution in [0.25, 0.3) is 0 Å². The fraction of sp³-hybridized carbons (Fsp3) is 0.688. The lowest BCUT2D eigenvalue weighted by Gasteiger charge is -2.26. The average molecular weight is 296 g/mol. The van der Waals surface area contributed by atoms with E-state index in [2.05, 4.69) is 38.0 Å². The molecule has 1 heterocycles. The van der Waals surface area contributed by atoms with Crippen LogP contribution >= 0.6 is 11.6 Å². The molecule has 1 aliphatic rings. The number of pyridine rings is 1. The van der Waals surface area contributed by atoms with Crippen LogP contribution in [0.5, 0.6) is 0 Å². The summed E-state index contributed by atoms with van der Waals surface area (Å²) < 4.78 is 0. The minimum absolute atomic E-state index is 0.556. The van der Waals surface area contributed by atoms with Crippen LogP contribution in [0, 0.1) is 11.8 Å². The maximum atomic E-state index is 6.25. The number of anilines is 1. The minimum atomic E-state index is 0.556. The predicted octanol–water partition coefficient (Wildman–Crippen LogP) is 3.72. The van der Waals surface area contributed by atoms with E-state index in [1.165, 1.54) is 12.8 Å². The van der Waals surface area contributed by atoms with Crippen LogP contribution < -0.4 is 10.2 Å². The highest BCUT2D eigenvalue weighted by molar-refractivity contribution is 6.31. The molecule has 1 aromatic rings. The highest BCUT2D eigenvalue weighted by Crippen LogP contribution is 2.36. The Morgan fingerprint density at radius 1 is 1.35 bits per heavy atom. The van der Waals surface area contributed by atoms with E-state index in [4.69, 9.17) is 16.6 Å². The van der Waals surface area contributed by atoms with Crippen LogP contribution in [-0.4, -0.2) is 24.6 Å². The molecule has 1 fully saturated rings. The Bertz CT molecular complexity index is 443. The minimum Gasteiger partial charge on any atom is -0.357 e.